The van der Waals surface area contributed by atoms with Gasteiger partial charge in [-0.2, -0.15) is 5.26 Å². The van der Waals surface area contributed by atoms with Crippen LogP contribution in [0.4, 0.5) is 4.79 Å². The van der Waals surface area contributed by atoms with Crippen LogP contribution >= 0.6 is 11.6 Å². The average molecular weight is 475 g/mol. The Hall–Kier alpha value is -2.30. The number of nitrogens with zero attached hydrogens (tertiary/aromatic N) is 3. The number of benzene rings is 1. The largest absolute Gasteiger partial charge is 0.444 e. The molecule has 33 heavy (non-hydrogen) atoms. The maximum Gasteiger partial charge on any atom is 0.410 e. The summed E-state index contributed by atoms with van der Waals surface area (Å²) >= 11 is 6.02. The zero-order valence-electron chi connectivity index (χ0n) is 20.1. The van der Waals surface area contributed by atoms with Crippen molar-refractivity contribution in [2.45, 2.75) is 77.1 Å². The van der Waals surface area contributed by atoms with Crippen LogP contribution in [0.2, 0.25) is 5.02 Å². The number of carbonyl (C=O) groups is 2. The highest BCUT2D eigenvalue weighted by atomic mass is 35.5. The van der Waals surface area contributed by atoms with Gasteiger partial charge in [-0.15, -0.1) is 0 Å². The van der Waals surface area contributed by atoms with Crippen molar-refractivity contribution in [1.82, 2.24) is 15.1 Å². The molecule has 2 aliphatic rings. The summed E-state index contributed by atoms with van der Waals surface area (Å²) in [6, 6.07) is 9.89. The third kappa shape index (κ3) is 6.61. The first-order valence-electron chi connectivity index (χ1n) is 11.7. The monoisotopic (exact) mass is 474 g/mol. The Morgan fingerprint density at radius 3 is 2.36 bits per heavy atom. The lowest BCUT2D eigenvalue weighted by Crippen LogP contribution is -2.72. The molecular formula is C25H35ClN4O3. The van der Waals surface area contributed by atoms with Gasteiger partial charge in [-0.1, -0.05) is 30.7 Å². The van der Waals surface area contributed by atoms with Gasteiger partial charge >= 0.3 is 6.09 Å². The van der Waals surface area contributed by atoms with Gasteiger partial charge in [0.05, 0.1) is 25.7 Å². The van der Waals surface area contributed by atoms with Crippen molar-refractivity contribution in [3.8, 4) is 6.07 Å². The maximum absolute atomic E-state index is 13.4. The molecule has 0 atom stereocenters. The Bertz CT molecular complexity index is 876. The fourth-order valence-corrected chi connectivity index (χ4v) is 4.51. The molecule has 0 spiro atoms. The number of rotatable bonds is 6. The lowest BCUT2D eigenvalue weighted by Gasteiger charge is -2.51. The molecule has 2 fully saturated rings. The fourth-order valence-electron chi connectivity index (χ4n) is 4.38. The second kappa shape index (κ2) is 10.3. The molecule has 0 radical (unpaired) electrons. The number of amides is 2. The molecule has 1 aliphatic heterocycles. The Labute approximate surface area is 202 Å². The summed E-state index contributed by atoms with van der Waals surface area (Å²) in [6.07, 6.45) is 3.96. The normalized spacial score (nSPS) is 22.1. The second-order valence-electron chi connectivity index (χ2n) is 10.4. The summed E-state index contributed by atoms with van der Waals surface area (Å²) in [7, 11) is 0. The number of carbonyl (C=O) groups excluding carboxylic acids is 2. The van der Waals surface area contributed by atoms with Crippen LogP contribution in [-0.4, -0.2) is 58.6 Å². The van der Waals surface area contributed by atoms with Crippen LogP contribution in [0, 0.1) is 17.2 Å². The van der Waals surface area contributed by atoms with Crippen LogP contribution in [0.1, 0.15) is 58.9 Å². The Kier molecular flexibility index (Phi) is 7.92. The van der Waals surface area contributed by atoms with Crippen LogP contribution in [0.3, 0.4) is 0 Å². The van der Waals surface area contributed by atoms with Gasteiger partial charge < -0.3 is 19.9 Å². The van der Waals surface area contributed by atoms with E-state index in [2.05, 4.69) is 18.3 Å². The number of nitrogens with one attached hydrogen (secondary N) is 1. The van der Waals surface area contributed by atoms with E-state index in [-0.39, 0.29) is 32.1 Å². The van der Waals surface area contributed by atoms with Crippen LogP contribution in [0.15, 0.2) is 24.3 Å². The molecule has 180 valence electrons. The highest BCUT2D eigenvalue weighted by Crippen LogP contribution is 2.31. The summed E-state index contributed by atoms with van der Waals surface area (Å²) < 4.78 is 5.43. The molecule has 1 heterocycles. The number of halogens is 1. The van der Waals surface area contributed by atoms with Gasteiger partial charge in [-0.25, -0.2) is 4.79 Å². The molecule has 7 nitrogen and oxygen atoms in total. The maximum atomic E-state index is 13.4. The SMILES string of the molecule is CC1CCC(NCC(=O)N(Cc2ccc(Cl)cc2)C2(C#N)CN(C(=O)OC(C)(C)C)C2)CC1. The number of hydrogen-bond acceptors (Lipinski definition) is 5. The zero-order chi connectivity index (χ0) is 24.2. The van der Waals surface area contributed by atoms with Crippen molar-refractivity contribution < 1.29 is 14.3 Å². The highest BCUT2D eigenvalue weighted by Gasteiger charge is 2.53. The fraction of sp³-hybridized carbons (Fsp3) is 0.640. The van der Waals surface area contributed by atoms with E-state index in [1.54, 1.807) is 37.8 Å². The number of hydrogen-bond donors (Lipinski definition) is 1. The predicted octanol–water partition coefficient (Wildman–Crippen LogP) is 4.35. The minimum atomic E-state index is -1.09. The van der Waals surface area contributed by atoms with E-state index in [1.165, 1.54) is 4.90 Å². The van der Waals surface area contributed by atoms with Crippen LogP contribution in [0.25, 0.3) is 0 Å². The highest BCUT2D eigenvalue weighted by molar-refractivity contribution is 6.30. The molecule has 1 saturated carbocycles. The Morgan fingerprint density at radius 1 is 1.21 bits per heavy atom. The van der Waals surface area contributed by atoms with Crippen molar-refractivity contribution >= 4 is 23.6 Å². The number of nitriles is 1. The van der Waals surface area contributed by atoms with Gasteiger partial charge in [0.2, 0.25) is 5.91 Å². The molecule has 0 unspecified atom stereocenters. The zero-order valence-corrected chi connectivity index (χ0v) is 20.8. The summed E-state index contributed by atoms with van der Waals surface area (Å²) in [5, 5.41) is 14.1. The molecule has 8 heteroatoms. The van der Waals surface area contributed by atoms with Crippen molar-refractivity contribution in [3.05, 3.63) is 34.9 Å². The van der Waals surface area contributed by atoms with E-state index in [9.17, 15) is 14.9 Å². The molecule has 1 aromatic rings. The molecule has 3 rings (SSSR count). The first kappa shape index (κ1) is 25.3. The average Bonchev–Trinajstić information content (AvgIpc) is 2.72. The van der Waals surface area contributed by atoms with Gasteiger partial charge in [0, 0.05) is 17.6 Å². The summed E-state index contributed by atoms with van der Waals surface area (Å²) in [6.45, 7) is 8.36. The van der Waals surface area contributed by atoms with E-state index in [4.69, 9.17) is 16.3 Å². The van der Waals surface area contributed by atoms with E-state index >= 15 is 0 Å². The van der Waals surface area contributed by atoms with E-state index in [1.807, 2.05) is 12.1 Å². The molecule has 0 aromatic heterocycles. The third-order valence-electron chi connectivity index (χ3n) is 6.39. The molecule has 2 amide bonds. The minimum Gasteiger partial charge on any atom is -0.444 e. The summed E-state index contributed by atoms with van der Waals surface area (Å²) in [5.74, 6) is 0.588. The van der Waals surface area contributed by atoms with Gasteiger partial charge in [0.25, 0.3) is 0 Å². The summed E-state index contributed by atoms with van der Waals surface area (Å²) in [4.78, 5) is 28.9. The molecular weight excluding hydrogens is 440 g/mol. The summed E-state index contributed by atoms with van der Waals surface area (Å²) in [5.41, 5.74) is -0.830. The number of ether oxygens (including phenoxy) is 1. The standard InChI is InChI=1S/C25H35ClN4O3/c1-18-5-11-21(12-6-18)28-13-22(31)30(14-19-7-9-20(26)10-8-19)25(15-27)16-29(17-25)23(32)33-24(2,3)4/h7-10,18,21,28H,5-6,11-14,16-17H2,1-4H3. The van der Waals surface area contributed by atoms with Gasteiger partial charge in [0.15, 0.2) is 5.54 Å². The molecule has 1 aliphatic carbocycles. The molecule has 1 saturated heterocycles. The molecule has 0 bridgehead atoms. The topological polar surface area (TPSA) is 85.7 Å². The van der Waals surface area contributed by atoms with Crippen molar-refractivity contribution in [1.29, 1.82) is 5.26 Å². The molecule has 1 aromatic carbocycles. The lowest BCUT2D eigenvalue weighted by molar-refractivity contribution is -0.142. The third-order valence-corrected chi connectivity index (χ3v) is 6.65. The second-order valence-corrected chi connectivity index (χ2v) is 10.9. The Balaban J connectivity index is 1.72. The van der Waals surface area contributed by atoms with Gasteiger partial charge in [-0.3, -0.25) is 4.79 Å². The number of likely N-dealkylation sites (tertiary alicyclic amines) is 1. The van der Waals surface area contributed by atoms with Crippen LogP contribution in [0.5, 0.6) is 0 Å². The molecule has 1 N–H and O–H groups in total. The van der Waals surface area contributed by atoms with E-state index in [0.717, 1.165) is 37.2 Å². The first-order chi connectivity index (χ1) is 15.5. The lowest BCUT2D eigenvalue weighted by atomic mass is 9.87. The smallest absolute Gasteiger partial charge is 0.410 e. The van der Waals surface area contributed by atoms with E-state index in [0.29, 0.717) is 11.1 Å². The predicted molar refractivity (Wildman–Crippen MR) is 128 cm³/mol. The van der Waals surface area contributed by atoms with Crippen molar-refractivity contribution in [2.24, 2.45) is 5.92 Å². The minimum absolute atomic E-state index is 0.124. The Morgan fingerprint density at radius 2 is 1.82 bits per heavy atom. The first-order valence-corrected chi connectivity index (χ1v) is 12.1. The quantitative estimate of drug-likeness (QED) is 0.662. The van der Waals surface area contributed by atoms with Crippen LogP contribution < -0.4 is 5.32 Å². The van der Waals surface area contributed by atoms with Gasteiger partial charge in [-0.05, 0) is 70.1 Å². The van der Waals surface area contributed by atoms with Crippen LogP contribution in [-0.2, 0) is 16.1 Å². The van der Waals surface area contributed by atoms with Gasteiger partial charge in [0.1, 0.15) is 5.60 Å². The van der Waals surface area contributed by atoms with Crippen molar-refractivity contribution in [2.75, 3.05) is 19.6 Å². The van der Waals surface area contributed by atoms with Crippen molar-refractivity contribution in [3.63, 3.8) is 0 Å². The van der Waals surface area contributed by atoms with E-state index < -0.39 is 17.2 Å².